The minimum absolute atomic E-state index is 0.00691. The van der Waals surface area contributed by atoms with Gasteiger partial charge in [0.15, 0.2) is 0 Å². The lowest BCUT2D eigenvalue weighted by Crippen LogP contribution is -2.34. The van der Waals surface area contributed by atoms with Crippen molar-refractivity contribution >= 4 is 33.3 Å². The standard InChI is InChI=1S/C17H9ClFN3O2/c18-10-5-12-15(13(19)6-10)21-17(24)22(16(12)23)14-8-20-7-9-3-1-2-4-11(9)14/h1-8H,(H,21,24). The highest BCUT2D eigenvalue weighted by atomic mass is 35.5. The number of rotatable bonds is 1. The summed E-state index contributed by atoms with van der Waals surface area (Å²) in [6.07, 6.45) is 3.06. The lowest BCUT2D eigenvalue weighted by molar-refractivity contribution is 0.635. The molecule has 0 fully saturated rings. The number of hydrogen-bond donors (Lipinski definition) is 1. The van der Waals surface area contributed by atoms with E-state index in [1.165, 1.54) is 12.3 Å². The number of fused-ring (bicyclic) bond motifs is 2. The molecule has 118 valence electrons. The summed E-state index contributed by atoms with van der Waals surface area (Å²) in [5, 5.41) is 1.53. The SMILES string of the molecule is O=c1[nH]c2c(F)cc(Cl)cc2c(=O)n1-c1cncc2ccccc12. The molecule has 0 unspecified atom stereocenters. The number of aromatic nitrogens is 3. The van der Waals surface area contributed by atoms with E-state index in [1.807, 2.05) is 12.1 Å². The highest BCUT2D eigenvalue weighted by Gasteiger charge is 2.15. The topological polar surface area (TPSA) is 67.8 Å². The number of benzene rings is 2. The zero-order chi connectivity index (χ0) is 16.8. The first-order valence-corrected chi connectivity index (χ1v) is 7.41. The molecule has 2 heterocycles. The summed E-state index contributed by atoms with van der Waals surface area (Å²) in [6.45, 7) is 0. The van der Waals surface area contributed by atoms with Gasteiger partial charge in [-0.15, -0.1) is 0 Å². The van der Waals surface area contributed by atoms with E-state index in [0.29, 0.717) is 11.1 Å². The van der Waals surface area contributed by atoms with Gasteiger partial charge < -0.3 is 4.98 Å². The largest absolute Gasteiger partial charge is 0.333 e. The third-order valence-corrected chi connectivity index (χ3v) is 4.03. The highest BCUT2D eigenvalue weighted by Crippen LogP contribution is 2.21. The Morgan fingerprint density at radius 3 is 2.71 bits per heavy atom. The van der Waals surface area contributed by atoms with Crippen molar-refractivity contribution in [3.63, 3.8) is 0 Å². The molecule has 0 radical (unpaired) electrons. The second kappa shape index (κ2) is 5.28. The van der Waals surface area contributed by atoms with Crippen LogP contribution in [0.4, 0.5) is 4.39 Å². The fourth-order valence-corrected chi connectivity index (χ4v) is 2.95. The molecule has 2 aromatic carbocycles. The van der Waals surface area contributed by atoms with Crippen molar-refractivity contribution in [3.05, 3.63) is 80.5 Å². The third kappa shape index (κ3) is 2.11. The molecule has 0 atom stereocenters. The van der Waals surface area contributed by atoms with Crippen LogP contribution in [-0.2, 0) is 0 Å². The number of nitrogens with one attached hydrogen (secondary N) is 1. The Hall–Kier alpha value is -2.99. The molecule has 0 aliphatic heterocycles. The summed E-state index contributed by atoms with van der Waals surface area (Å²) < 4.78 is 14.9. The quantitative estimate of drug-likeness (QED) is 0.578. The summed E-state index contributed by atoms with van der Waals surface area (Å²) >= 11 is 5.84. The number of pyridine rings is 1. The average Bonchev–Trinajstić information content (AvgIpc) is 2.56. The molecule has 5 nitrogen and oxygen atoms in total. The van der Waals surface area contributed by atoms with Gasteiger partial charge in [0, 0.05) is 22.0 Å². The average molecular weight is 342 g/mol. The highest BCUT2D eigenvalue weighted by molar-refractivity contribution is 6.31. The summed E-state index contributed by atoms with van der Waals surface area (Å²) in [5.74, 6) is -0.755. The number of nitrogens with zero attached hydrogens (tertiary/aromatic N) is 2. The molecule has 4 rings (SSSR count). The van der Waals surface area contributed by atoms with Crippen LogP contribution < -0.4 is 11.2 Å². The molecule has 0 spiro atoms. The second-order valence-corrected chi connectivity index (χ2v) is 5.70. The summed E-state index contributed by atoms with van der Waals surface area (Å²) in [7, 11) is 0. The first-order valence-electron chi connectivity index (χ1n) is 7.03. The van der Waals surface area contributed by atoms with E-state index >= 15 is 0 Å². The number of H-pyrrole nitrogens is 1. The van der Waals surface area contributed by atoms with E-state index in [-0.39, 0.29) is 15.9 Å². The van der Waals surface area contributed by atoms with E-state index in [2.05, 4.69) is 9.97 Å². The van der Waals surface area contributed by atoms with Crippen LogP contribution in [0.5, 0.6) is 0 Å². The summed E-state index contributed by atoms with van der Waals surface area (Å²) in [6, 6.07) is 9.60. The maximum atomic E-state index is 14.0. The maximum absolute atomic E-state index is 14.0. The fraction of sp³-hybridized carbons (Fsp3) is 0. The smallest absolute Gasteiger partial charge is 0.304 e. The van der Waals surface area contributed by atoms with Crippen LogP contribution in [0.15, 0.2) is 58.4 Å². The van der Waals surface area contributed by atoms with Gasteiger partial charge in [-0.1, -0.05) is 35.9 Å². The second-order valence-electron chi connectivity index (χ2n) is 5.26. The number of halogens is 2. The number of aromatic amines is 1. The van der Waals surface area contributed by atoms with Crippen LogP contribution in [0.3, 0.4) is 0 Å². The van der Waals surface area contributed by atoms with E-state index < -0.39 is 17.1 Å². The normalized spacial score (nSPS) is 11.2. The van der Waals surface area contributed by atoms with Gasteiger partial charge in [0.05, 0.1) is 22.8 Å². The molecule has 7 heteroatoms. The van der Waals surface area contributed by atoms with Crippen LogP contribution in [0, 0.1) is 5.82 Å². The van der Waals surface area contributed by atoms with Gasteiger partial charge in [-0.3, -0.25) is 9.78 Å². The Morgan fingerprint density at radius 2 is 1.88 bits per heavy atom. The molecule has 0 saturated carbocycles. The first kappa shape index (κ1) is 14.6. The van der Waals surface area contributed by atoms with Gasteiger partial charge in [0.1, 0.15) is 5.82 Å². The van der Waals surface area contributed by atoms with Crippen LogP contribution in [0.2, 0.25) is 5.02 Å². The first-order chi connectivity index (χ1) is 11.6. The zero-order valence-corrected chi connectivity index (χ0v) is 12.8. The van der Waals surface area contributed by atoms with Gasteiger partial charge in [-0.2, -0.15) is 0 Å². The van der Waals surface area contributed by atoms with Crippen molar-refractivity contribution in [1.82, 2.24) is 14.5 Å². The lowest BCUT2D eigenvalue weighted by atomic mass is 10.1. The minimum atomic E-state index is -0.755. The molecular weight excluding hydrogens is 333 g/mol. The van der Waals surface area contributed by atoms with Crippen LogP contribution in [-0.4, -0.2) is 14.5 Å². The van der Waals surface area contributed by atoms with Crippen LogP contribution in [0.1, 0.15) is 0 Å². The Labute approximate surface area is 139 Å². The summed E-state index contributed by atoms with van der Waals surface area (Å²) in [5.41, 5.74) is -1.25. The molecule has 2 aromatic heterocycles. The Morgan fingerprint density at radius 1 is 1.08 bits per heavy atom. The third-order valence-electron chi connectivity index (χ3n) is 3.81. The maximum Gasteiger partial charge on any atom is 0.333 e. The molecule has 0 bridgehead atoms. The van der Waals surface area contributed by atoms with Crippen molar-refractivity contribution in [2.75, 3.05) is 0 Å². The van der Waals surface area contributed by atoms with E-state index in [1.54, 1.807) is 18.3 Å². The molecule has 0 aliphatic carbocycles. The lowest BCUT2D eigenvalue weighted by Gasteiger charge is -2.09. The molecule has 0 amide bonds. The van der Waals surface area contributed by atoms with Crippen molar-refractivity contribution in [3.8, 4) is 5.69 Å². The Kier molecular flexibility index (Phi) is 3.21. The monoisotopic (exact) mass is 341 g/mol. The van der Waals surface area contributed by atoms with Crippen molar-refractivity contribution < 1.29 is 4.39 Å². The predicted octanol–water partition coefficient (Wildman–Crippen LogP) is 3.02. The predicted molar refractivity (Wildman–Crippen MR) is 90.4 cm³/mol. The molecule has 0 aliphatic rings. The fourth-order valence-electron chi connectivity index (χ4n) is 2.74. The molecule has 24 heavy (non-hydrogen) atoms. The molecular formula is C17H9ClFN3O2. The minimum Gasteiger partial charge on any atom is -0.304 e. The van der Waals surface area contributed by atoms with Gasteiger partial charge in [-0.25, -0.2) is 13.8 Å². The van der Waals surface area contributed by atoms with Crippen LogP contribution >= 0.6 is 11.6 Å². The van der Waals surface area contributed by atoms with Gasteiger partial charge in [0.25, 0.3) is 5.56 Å². The van der Waals surface area contributed by atoms with E-state index in [9.17, 15) is 14.0 Å². The van der Waals surface area contributed by atoms with Gasteiger partial charge >= 0.3 is 5.69 Å². The van der Waals surface area contributed by atoms with E-state index in [4.69, 9.17) is 11.6 Å². The molecule has 1 N–H and O–H groups in total. The Balaban J connectivity index is 2.18. The van der Waals surface area contributed by atoms with Gasteiger partial charge in [0.2, 0.25) is 0 Å². The van der Waals surface area contributed by atoms with E-state index in [0.717, 1.165) is 16.0 Å². The number of hydrogen-bond acceptors (Lipinski definition) is 3. The van der Waals surface area contributed by atoms with Gasteiger partial charge in [-0.05, 0) is 12.1 Å². The summed E-state index contributed by atoms with van der Waals surface area (Å²) in [4.78, 5) is 31.7. The van der Waals surface area contributed by atoms with Crippen LogP contribution in [0.25, 0.3) is 27.4 Å². The van der Waals surface area contributed by atoms with Crippen molar-refractivity contribution in [1.29, 1.82) is 0 Å². The molecule has 0 saturated heterocycles. The van der Waals surface area contributed by atoms with Crippen molar-refractivity contribution in [2.24, 2.45) is 0 Å². The van der Waals surface area contributed by atoms with Crippen molar-refractivity contribution in [2.45, 2.75) is 0 Å². The zero-order valence-electron chi connectivity index (χ0n) is 12.1. The Bertz CT molecular complexity index is 1220. The molecule has 4 aromatic rings.